The first kappa shape index (κ1) is 14.6. The molecule has 2 nitrogen and oxygen atoms in total. The topological polar surface area (TPSA) is 35.4 Å². The highest BCUT2D eigenvalue weighted by atomic mass is 32.2. The van der Waals surface area contributed by atoms with Crippen LogP contribution in [-0.2, 0) is 11.4 Å². The van der Waals surface area contributed by atoms with Gasteiger partial charge >= 0.3 is 0 Å². The predicted molar refractivity (Wildman–Crippen MR) is 81.7 cm³/mol. The molecule has 0 spiro atoms. The van der Waals surface area contributed by atoms with Crippen molar-refractivity contribution in [2.24, 2.45) is 22.2 Å². The van der Waals surface area contributed by atoms with Crippen molar-refractivity contribution in [2.45, 2.75) is 44.9 Å². The van der Waals surface area contributed by atoms with Crippen LogP contribution in [0.15, 0.2) is 33.6 Å². The van der Waals surface area contributed by atoms with Crippen LogP contribution in [0.5, 0.6) is 0 Å². The van der Waals surface area contributed by atoms with Gasteiger partial charge in [-0.05, 0) is 56.1 Å². The van der Waals surface area contributed by atoms with E-state index in [2.05, 4.69) is 18.2 Å². The van der Waals surface area contributed by atoms with Crippen LogP contribution in [0.4, 0.5) is 0 Å². The first-order valence-electron chi connectivity index (χ1n) is 7.07. The zero-order valence-electron chi connectivity index (χ0n) is 12.0. The lowest BCUT2D eigenvalue weighted by molar-refractivity contribution is 0.267. The van der Waals surface area contributed by atoms with Gasteiger partial charge in [0.15, 0.2) is 4.90 Å². The second kappa shape index (κ2) is 6.58. The molecule has 4 atom stereocenters. The van der Waals surface area contributed by atoms with E-state index in [4.69, 9.17) is 0 Å². The fourth-order valence-corrected chi connectivity index (χ4v) is 3.76. The molecule has 0 bridgehead atoms. The summed E-state index contributed by atoms with van der Waals surface area (Å²) >= 11 is -1.25. The summed E-state index contributed by atoms with van der Waals surface area (Å²) in [5.74, 6) is 2.01. The maximum absolute atomic E-state index is 12.1. The third kappa shape index (κ3) is 4.36. The Morgan fingerprint density at radius 3 is 2.26 bits per heavy atom. The number of nitrogens with zero attached hydrogens (tertiary/aromatic N) is 1. The van der Waals surface area contributed by atoms with Gasteiger partial charge in [-0.2, -0.15) is 0 Å². The van der Waals surface area contributed by atoms with Gasteiger partial charge in [-0.1, -0.05) is 35.9 Å². The summed E-state index contributed by atoms with van der Waals surface area (Å²) in [7, 11) is 0. The van der Waals surface area contributed by atoms with E-state index in [1.165, 1.54) is 24.8 Å². The lowest BCUT2D eigenvalue weighted by Gasteiger charge is -2.28. The van der Waals surface area contributed by atoms with E-state index in [0.717, 1.165) is 16.7 Å². The quantitative estimate of drug-likeness (QED) is 0.603. The average molecular weight is 277 g/mol. The molecule has 104 valence electrons. The third-order valence-electron chi connectivity index (χ3n) is 3.81. The molecule has 0 saturated heterocycles. The van der Waals surface area contributed by atoms with E-state index in [-0.39, 0.29) is 0 Å². The Kier molecular flexibility index (Phi) is 5.06. The fourth-order valence-electron chi connectivity index (χ4n) is 2.99. The van der Waals surface area contributed by atoms with Gasteiger partial charge in [0.25, 0.3) is 0 Å². The van der Waals surface area contributed by atoms with Crippen LogP contribution in [0.3, 0.4) is 0 Å². The van der Waals surface area contributed by atoms with Crippen molar-refractivity contribution in [1.29, 1.82) is 0 Å². The van der Waals surface area contributed by atoms with Crippen molar-refractivity contribution >= 4 is 17.6 Å². The van der Waals surface area contributed by atoms with E-state index in [1.54, 1.807) is 0 Å². The second-order valence-electron chi connectivity index (χ2n) is 5.99. The summed E-state index contributed by atoms with van der Waals surface area (Å²) < 4.78 is 16.3. The molecule has 19 heavy (non-hydrogen) atoms. The van der Waals surface area contributed by atoms with Crippen molar-refractivity contribution in [3.63, 3.8) is 0 Å². The highest BCUT2D eigenvalue weighted by Gasteiger charge is 2.23. The number of benzene rings is 1. The molecular formula is C16H23NOS. The zero-order chi connectivity index (χ0) is 13.8. The highest BCUT2D eigenvalue weighted by Crippen LogP contribution is 2.32. The van der Waals surface area contributed by atoms with Crippen molar-refractivity contribution in [3.05, 3.63) is 29.8 Å². The first-order chi connectivity index (χ1) is 9.04. The molecule has 1 aliphatic carbocycles. The van der Waals surface area contributed by atoms with Crippen LogP contribution >= 0.6 is 0 Å². The van der Waals surface area contributed by atoms with Gasteiger partial charge in [-0.25, -0.2) is 0 Å². The molecule has 0 radical (unpaired) electrons. The first-order valence-corrected chi connectivity index (χ1v) is 8.18. The Labute approximate surface area is 119 Å². The van der Waals surface area contributed by atoms with Crippen LogP contribution < -0.4 is 0 Å². The van der Waals surface area contributed by atoms with Crippen LogP contribution in [0.1, 0.15) is 38.7 Å². The third-order valence-corrected chi connectivity index (χ3v) is 4.79. The number of rotatable bonds is 3. The Bertz CT molecular complexity index is 419. The van der Waals surface area contributed by atoms with E-state index in [9.17, 15) is 4.55 Å². The van der Waals surface area contributed by atoms with Crippen molar-refractivity contribution in [3.8, 4) is 0 Å². The number of hydrogen-bond donors (Lipinski definition) is 0. The van der Waals surface area contributed by atoms with Gasteiger partial charge in [0.1, 0.15) is 11.4 Å². The Hall–Kier alpha value is -0.800. The number of hydrogen-bond acceptors (Lipinski definition) is 2. The molecule has 1 aromatic carbocycles. The lowest BCUT2D eigenvalue weighted by Crippen LogP contribution is -2.20. The smallest absolute Gasteiger partial charge is 0.182 e. The Morgan fingerprint density at radius 2 is 1.68 bits per heavy atom. The molecule has 0 aliphatic heterocycles. The van der Waals surface area contributed by atoms with Gasteiger partial charge in [0.05, 0.1) is 6.21 Å². The van der Waals surface area contributed by atoms with E-state index in [1.807, 2.05) is 37.4 Å². The van der Waals surface area contributed by atoms with Crippen LogP contribution in [0.2, 0.25) is 0 Å². The van der Waals surface area contributed by atoms with Crippen LogP contribution in [-0.4, -0.2) is 10.8 Å². The largest absolute Gasteiger partial charge is 0.586 e. The normalized spacial score (nSPS) is 29.6. The predicted octanol–water partition coefficient (Wildman–Crippen LogP) is 4.16. The van der Waals surface area contributed by atoms with Gasteiger partial charge in [0.2, 0.25) is 0 Å². The molecule has 1 saturated carbocycles. The maximum atomic E-state index is 12.1. The van der Waals surface area contributed by atoms with Crippen molar-refractivity contribution in [2.75, 3.05) is 0 Å². The van der Waals surface area contributed by atoms with Crippen molar-refractivity contribution in [1.82, 2.24) is 0 Å². The fraction of sp³-hybridized carbons (Fsp3) is 0.562. The maximum Gasteiger partial charge on any atom is 0.182 e. The van der Waals surface area contributed by atoms with Crippen LogP contribution in [0.25, 0.3) is 0 Å². The number of aryl methyl sites for hydroxylation is 1. The molecule has 1 aliphatic rings. The van der Waals surface area contributed by atoms with Gasteiger partial charge in [-0.3, -0.25) is 0 Å². The van der Waals surface area contributed by atoms with Crippen molar-refractivity contribution < 1.29 is 4.55 Å². The summed E-state index contributed by atoms with van der Waals surface area (Å²) in [6.45, 7) is 6.63. The molecule has 1 fully saturated rings. The summed E-state index contributed by atoms with van der Waals surface area (Å²) in [5, 5.41) is 0. The molecule has 1 aromatic rings. The highest BCUT2D eigenvalue weighted by molar-refractivity contribution is 7.90. The summed E-state index contributed by atoms with van der Waals surface area (Å²) in [5.41, 5.74) is 1.18. The Balaban J connectivity index is 1.96. The second-order valence-corrected chi connectivity index (χ2v) is 7.17. The molecule has 0 amide bonds. The van der Waals surface area contributed by atoms with E-state index in [0.29, 0.717) is 5.92 Å². The average Bonchev–Trinajstić information content (AvgIpc) is 2.36. The molecule has 0 aromatic heterocycles. The summed E-state index contributed by atoms with van der Waals surface area (Å²) in [4.78, 5) is 0.791. The Morgan fingerprint density at radius 1 is 1.11 bits per heavy atom. The van der Waals surface area contributed by atoms with E-state index >= 15 is 0 Å². The van der Waals surface area contributed by atoms with Crippen LogP contribution in [0, 0.1) is 24.7 Å². The molecule has 1 unspecified atom stereocenters. The molecule has 3 heteroatoms. The minimum atomic E-state index is -1.25. The van der Waals surface area contributed by atoms with Gasteiger partial charge < -0.3 is 4.55 Å². The monoisotopic (exact) mass is 277 g/mol. The van der Waals surface area contributed by atoms with E-state index < -0.39 is 11.4 Å². The lowest BCUT2D eigenvalue weighted by atomic mass is 9.77. The molecule has 2 rings (SSSR count). The molecule has 0 N–H and O–H groups in total. The minimum Gasteiger partial charge on any atom is -0.586 e. The standard InChI is InChI=1S/C16H23NOS/c1-12-4-6-16(7-5-12)19(18)17-11-15-9-13(2)8-14(3)10-15/h4-7,11,13-15H,8-10H2,1-3H3/t13-,14+,15?,19-/m0/s1. The summed E-state index contributed by atoms with van der Waals surface area (Å²) in [6.07, 6.45) is 5.60. The SMILES string of the molecule is Cc1ccc([S@+]([O-])N=CC2C[C@@H](C)C[C@@H](C)C2)cc1. The molecule has 0 heterocycles. The zero-order valence-corrected chi connectivity index (χ0v) is 12.8. The van der Waals surface area contributed by atoms with Gasteiger partial charge in [-0.15, -0.1) is 0 Å². The minimum absolute atomic E-state index is 0.494. The molecular weight excluding hydrogens is 254 g/mol. The summed E-state index contributed by atoms with van der Waals surface area (Å²) in [6, 6.07) is 7.75. The van der Waals surface area contributed by atoms with Gasteiger partial charge in [0, 0.05) is 0 Å².